The highest BCUT2D eigenvalue weighted by Gasteiger charge is 2.40. The normalized spacial score (nSPS) is 15.7. The van der Waals surface area contributed by atoms with Crippen molar-refractivity contribution in [3.8, 4) is 67.5 Å². The van der Waals surface area contributed by atoms with Crippen LogP contribution in [0.25, 0.3) is 66.1 Å². The van der Waals surface area contributed by atoms with Gasteiger partial charge in [0.1, 0.15) is 23.0 Å². The summed E-state index contributed by atoms with van der Waals surface area (Å²) in [7, 11) is 0. The number of rotatable bonds is 3. The molecule has 2 nitrogen and oxygen atoms in total. The lowest BCUT2D eigenvalue weighted by molar-refractivity contribution is 0.418. The van der Waals surface area contributed by atoms with Gasteiger partial charge >= 0.3 is 0 Å². The van der Waals surface area contributed by atoms with Crippen LogP contribution in [-0.2, 0) is 16.2 Å². The Balaban J connectivity index is 1.21. The zero-order valence-electron chi connectivity index (χ0n) is 35.5. The number of hydrogen-bond donors (Lipinski definition) is 0. The molecule has 1 aliphatic carbocycles. The fourth-order valence-corrected chi connectivity index (χ4v) is 11.5. The fraction of sp³-hybridized carbons (Fsp3) is 0.153. The zero-order valence-corrected chi connectivity index (χ0v) is 35.5. The van der Waals surface area contributed by atoms with Gasteiger partial charge < -0.3 is 9.47 Å². The van der Waals surface area contributed by atoms with Crippen molar-refractivity contribution in [3.05, 3.63) is 203 Å². The Hall–Kier alpha value is -6.90. The molecule has 0 aromatic heterocycles. The van der Waals surface area contributed by atoms with Gasteiger partial charge in [0.05, 0.1) is 0 Å². The molecule has 0 radical (unpaired) electrons. The summed E-state index contributed by atoms with van der Waals surface area (Å²) in [4.78, 5) is 0. The van der Waals surface area contributed by atoms with Gasteiger partial charge in [0.25, 0.3) is 0 Å². The minimum absolute atomic E-state index is 0.130. The van der Waals surface area contributed by atoms with E-state index in [9.17, 15) is 0 Å². The van der Waals surface area contributed by atoms with E-state index in [-0.39, 0.29) is 16.2 Å². The molecule has 2 aliphatic heterocycles. The van der Waals surface area contributed by atoms with Crippen LogP contribution in [0.3, 0.4) is 0 Å². The van der Waals surface area contributed by atoms with Crippen LogP contribution in [-0.4, -0.2) is 0 Å². The Morgan fingerprint density at radius 1 is 0.279 bits per heavy atom. The maximum atomic E-state index is 6.72. The average molecular weight is 787 g/mol. The molecule has 12 rings (SSSR count). The first-order valence-corrected chi connectivity index (χ1v) is 21.6. The number of hydrogen-bond acceptors (Lipinski definition) is 2. The lowest BCUT2D eigenvalue weighted by Gasteiger charge is -2.36. The molecule has 0 atom stereocenters. The maximum Gasteiger partial charge on any atom is 0.132 e. The maximum absolute atomic E-state index is 6.72. The van der Waals surface area contributed by atoms with E-state index in [0.717, 1.165) is 23.0 Å². The molecule has 0 saturated heterocycles. The standard InChI is InChI=1S/C59H46O2/c1-57(2)45-26-8-7-18-41(45)54-42(25-15-29-48(54)57)53-37-21-13-19-35(39-23-16-32-51-55(39)58(3,4)46-27-9-11-30-49(46)60-51)43(37)34-44-36(20-14-22-38(44)53)40-24-17-33-52-56(40)59(5,6)47-28-10-12-31-50(47)61-52/h7-34H,1-6H3. The summed E-state index contributed by atoms with van der Waals surface area (Å²) in [5.74, 6) is 3.68. The van der Waals surface area contributed by atoms with Crippen LogP contribution >= 0.6 is 0 Å². The quantitative estimate of drug-likeness (QED) is 0.166. The second-order valence-electron chi connectivity index (χ2n) is 18.8. The Morgan fingerprint density at radius 2 is 0.672 bits per heavy atom. The molecule has 294 valence electrons. The molecule has 0 bridgehead atoms. The third-order valence-electron chi connectivity index (χ3n) is 14.4. The summed E-state index contributed by atoms with van der Waals surface area (Å²) in [6, 6.07) is 62.5. The van der Waals surface area contributed by atoms with E-state index in [1.54, 1.807) is 0 Å². The molecule has 2 heteroatoms. The largest absolute Gasteiger partial charge is 0.457 e. The molecule has 0 amide bonds. The minimum Gasteiger partial charge on any atom is -0.457 e. The van der Waals surface area contributed by atoms with Gasteiger partial charge in [-0.3, -0.25) is 0 Å². The molecule has 9 aromatic carbocycles. The Bertz CT molecular complexity index is 3170. The molecular weight excluding hydrogens is 741 g/mol. The molecule has 61 heavy (non-hydrogen) atoms. The monoisotopic (exact) mass is 786 g/mol. The lowest BCUT2D eigenvalue weighted by Crippen LogP contribution is -2.25. The number of fused-ring (bicyclic) bond motifs is 9. The van der Waals surface area contributed by atoms with Gasteiger partial charge in [0, 0.05) is 38.5 Å². The highest BCUT2D eigenvalue weighted by atomic mass is 16.5. The van der Waals surface area contributed by atoms with Crippen LogP contribution in [0.4, 0.5) is 0 Å². The highest BCUT2D eigenvalue weighted by molar-refractivity contribution is 6.21. The third-order valence-corrected chi connectivity index (χ3v) is 14.4. The molecule has 3 aliphatic rings. The van der Waals surface area contributed by atoms with Gasteiger partial charge in [-0.05, 0) is 108 Å². The van der Waals surface area contributed by atoms with Gasteiger partial charge in [0.15, 0.2) is 0 Å². The third kappa shape index (κ3) is 4.91. The number of para-hydroxylation sites is 2. The minimum atomic E-state index is -0.297. The van der Waals surface area contributed by atoms with Crippen molar-refractivity contribution in [3.63, 3.8) is 0 Å². The van der Waals surface area contributed by atoms with E-state index < -0.39 is 0 Å². The second kappa shape index (κ2) is 12.6. The first-order valence-electron chi connectivity index (χ1n) is 21.6. The van der Waals surface area contributed by atoms with Crippen molar-refractivity contribution >= 4 is 21.5 Å². The summed E-state index contributed by atoms with van der Waals surface area (Å²) in [6.45, 7) is 14.1. The molecular formula is C59H46O2. The van der Waals surface area contributed by atoms with E-state index >= 15 is 0 Å². The average Bonchev–Trinajstić information content (AvgIpc) is 3.51. The Morgan fingerprint density at radius 3 is 1.23 bits per heavy atom. The summed E-state index contributed by atoms with van der Waals surface area (Å²) in [5.41, 5.74) is 16.8. The number of benzene rings is 9. The van der Waals surface area contributed by atoms with Gasteiger partial charge in [0.2, 0.25) is 0 Å². The van der Waals surface area contributed by atoms with Crippen LogP contribution < -0.4 is 9.47 Å². The van der Waals surface area contributed by atoms with Crippen molar-refractivity contribution in [2.45, 2.75) is 57.8 Å². The summed E-state index contributed by atoms with van der Waals surface area (Å²) in [5, 5.41) is 4.90. The van der Waals surface area contributed by atoms with Crippen molar-refractivity contribution in [1.82, 2.24) is 0 Å². The first kappa shape index (κ1) is 36.0. The molecule has 0 N–H and O–H groups in total. The molecule has 0 unspecified atom stereocenters. The van der Waals surface area contributed by atoms with Crippen molar-refractivity contribution in [2.24, 2.45) is 0 Å². The van der Waals surface area contributed by atoms with Crippen molar-refractivity contribution in [1.29, 1.82) is 0 Å². The van der Waals surface area contributed by atoms with Crippen LogP contribution in [0.1, 0.15) is 74.9 Å². The molecule has 2 heterocycles. The molecule has 0 spiro atoms. The Labute approximate surface area is 358 Å². The van der Waals surface area contributed by atoms with E-state index in [4.69, 9.17) is 9.47 Å². The van der Waals surface area contributed by atoms with Crippen LogP contribution in [0.2, 0.25) is 0 Å². The van der Waals surface area contributed by atoms with Crippen LogP contribution in [0.5, 0.6) is 23.0 Å². The summed E-state index contributed by atoms with van der Waals surface area (Å²) < 4.78 is 13.4. The second-order valence-corrected chi connectivity index (χ2v) is 18.8. The zero-order chi connectivity index (χ0) is 41.4. The topological polar surface area (TPSA) is 18.5 Å². The summed E-state index contributed by atoms with van der Waals surface area (Å²) in [6.07, 6.45) is 0. The van der Waals surface area contributed by atoms with Gasteiger partial charge in [-0.2, -0.15) is 0 Å². The van der Waals surface area contributed by atoms with Gasteiger partial charge in [-0.25, -0.2) is 0 Å². The van der Waals surface area contributed by atoms with Crippen LogP contribution in [0.15, 0.2) is 170 Å². The van der Waals surface area contributed by atoms with E-state index in [1.165, 1.54) is 99.4 Å². The van der Waals surface area contributed by atoms with Crippen LogP contribution in [0, 0.1) is 0 Å². The summed E-state index contributed by atoms with van der Waals surface area (Å²) >= 11 is 0. The van der Waals surface area contributed by atoms with Gasteiger partial charge in [-0.15, -0.1) is 0 Å². The fourth-order valence-electron chi connectivity index (χ4n) is 11.5. The highest BCUT2D eigenvalue weighted by Crippen LogP contribution is 2.57. The smallest absolute Gasteiger partial charge is 0.132 e. The van der Waals surface area contributed by atoms with E-state index in [1.807, 2.05) is 0 Å². The first-order chi connectivity index (χ1) is 29.5. The SMILES string of the molecule is CC1(C)c2ccccc2-c2c(-c3c4cccc(-c5cccc6c5C(C)(C)c5ccccc5O6)c4cc4c(-c5cccc6c5C(C)(C)c5ccccc5O6)cccc34)cccc21. The molecule has 9 aromatic rings. The number of ether oxygens (including phenoxy) is 2. The molecule has 0 saturated carbocycles. The lowest BCUT2D eigenvalue weighted by atomic mass is 9.72. The van der Waals surface area contributed by atoms with Crippen molar-refractivity contribution < 1.29 is 9.47 Å². The Kier molecular flexibility index (Phi) is 7.41. The predicted molar refractivity (Wildman–Crippen MR) is 253 cm³/mol. The van der Waals surface area contributed by atoms with E-state index in [2.05, 4.69) is 211 Å². The van der Waals surface area contributed by atoms with Crippen molar-refractivity contribution in [2.75, 3.05) is 0 Å². The van der Waals surface area contributed by atoms with Gasteiger partial charge in [-0.1, -0.05) is 181 Å². The molecule has 0 fully saturated rings. The predicted octanol–water partition coefficient (Wildman–Crippen LogP) is 16.2. The van der Waals surface area contributed by atoms with E-state index in [0.29, 0.717) is 0 Å².